The molecule has 0 saturated carbocycles. The summed E-state index contributed by atoms with van der Waals surface area (Å²) < 4.78 is 0. The van der Waals surface area contributed by atoms with Crippen molar-refractivity contribution in [3.05, 3.63) is 64.9 Å². The van der Waals surface area contributed by atoms with E-state index in [0.717, 1.165) is 5.56 Å². The first-order valence-electron chi connectivity index (χ1n) is 5.63. The van der Waals surface area contributed by atoms with E-state index < -0.39 is 0 Å². The molecule has 0 aliphatic rings. The molecule has 0 aliphatic heterocycles. The van der Waals surface area contributed by atoms with Gasteiger partial charge in [0.05, 0.1) is 6.04 Å². The first-order valence-corrected chi connectivity index (χ1v) is 6.01. The van der Waals surface area contributed by atoms with E-state index in [1.54, 1.807) is 36.7 Å². The number of pyridine rings is 1. The van der Waals surface area contributed by atoms with Gasteiger partial charge in [0.2, 0.25) is 0 Å². The standard InChI is InChI=1S/C14H13ClN2O/c1-10(11-5-7-16-8-6-11)17-14(18)12-3-2-4-13(15)9-12/h2-10H,1H3,(H,17,18). The molecule has 1 unspecified atom stereocenters. The van der Waals surface area contributed by atoms with E-state index in [4.69, 9.17) is 11.6 Å². The van der Waals surface area contributed by atoms with Gasteiger partial charge in [0, 0.05) is 23.0 Å². The number of carbonyl (C=O) groups excluding carboxylic acids is 1. The van der Waals surface area contributed by atoms with Gasteiger partial charge in [-0.15, -0.1) is 0 Å². The number of benzene rings is 1. The highest BCUT2D eigenvalue weighted by Gasteiger charge is 2.11. The van der Waals surface area contributed by atoms with E-state index in [9.17, 15) is 4.79 Å². The van der Waals surface area contributed by atoms with Gasteiger partial charge >= 0.3 is 0 Å². The van der Waals surface area contributed by atoms with Crippen molar-refractivity contribution < 1.29 is 4.79 Å². The van der Waals surface area contributed by atoms with Crippen LogP contribution in [0.25, 0.3) is 0 Å². The lowest BCUT2D eigenvalue weighted by atomic mass is 10.1. The molecule has 2 rings (SSSR count). The summed E-state index contributed by atoms with van der Waals surface area (Å²) in [7, 11) is 0. The van der Waals surface area contributed by atoms with Crippen molar-refractivity contribution in [1.29, 1.82) is 0 Å². The Labute approximate surface area is 111 Å². The molecule has 3 nitrogen and oxygen atoms in total. The third-order valence-corrected chi connectivity index (χ3v) is 2.88. The molecule has 0 saturated heterocycles. The summed E-state index contributed by atoms with van der Waals surface area (Å²) in [6.45, 7) is 1.93. The molecule has 1 aromatic carbocycles. The number of hydrogen-bond donors (Lipinski definition) is 1. The third-order valence-electron chi connectivity index (χ3n) is 2.64. The molecular weight excluding hydrogens is 248 g/mol. The monoisotopic (exact) mass is 260 g/mol. The first-order chi connectivity index (χ1) is 8.66. The Morgan fingerprint density at radius 3 is 2.67 bits per heavy atom. The van der Waals surface area contributed by atoms with Gasteiger partial charge in [-0.25, -0.2) is 0 Å². The number of aromatic nitrogens is 1. The molecule has 0 bridgehead atoms. The van der Waals surface area contributed by atoms with Crippen LogP contribution >= 0.6 is 11.6 Å². The molecule has 4 heteroatoms. The highest BCUT2D eigenvalue weighted by Crippen LogP contribution is 2.14. The summed E-state index contributed by atoms with van der Waals surface area (Å²) in [4.78, 5) is 15.9. The molecule has 18 heavy (non-hydrogen) atoms. The molecular formula is C14H13ClN2O. The Bertz CT molecular complexity index is 543. The number of rotatable bonds is 3. The van der Waals surface area contributed by atoms with Crippen molar-refractivity contribution in [1.82, 2.24) is 10.3 Å². The molecule has 1 atom stereocenters. The zero-order valence-electron chi connectivity index (χ0n) is 9.93. The summed E-state index contributed by atoms with van der Waals surface area (Å²) in [5.41, 5.74) is 1.57. The zero-order chi connectivity index (χ0) is 13.0. The van der Waals surface area contributed by atoms with Crippen molar-refractivity contribution in [3.63, 3.8) is 0 Å². The second-order valence-electron chi connectivity index (χ2n) is 3.99. The molecule has 0 fully saturated rings. The molecule has 1 N–H and O–H groups in total. The Morgan fingerprint density at radius 1 is 1.28 bits per heavy atom. The summed E-state index contributed by atoms with van der Waals surface area (Å²) in [6, 6.07) is 10.6. The Morgan fingerprint density at radius 2 is 2.00 bits per heavy atom. The molecule has 0 spiro atoms. The molecule has 1 aromatic heterocycles. The summed E-state index contributed by atoms with van der Waals surface area (Å²) >= 11 is 5.85. The summed E-state index contributed by atoms with van der Waals surface area (Å²) in [5, 5.41) is 3.47. The van der Waals surface area contributed by atoms with E-state index >= 15 is 0 Å². The van der Waals surface area contributed by atoms with Crippen LogP contribution in [0.2, 0.25) is 5.02 Å². The van der Waals surface area contributed by atoms with Crippen LogP contribution < -0.4 is 5.32 Å². The number of carbonyl (C=O) groups is 1. The van der Waals surface area contributed by atoms with Crippen LogP contribution in [0.3, 0.4) is 0 Å². The predicted molar refractivity (Wildman–Crippen MR) is 71.6 cm³/mol. The van der Waals surface area contributed by atoms with Gasteiger partial charge in [-0.2, -0.15) is 0 Å². The highest BCUT2D eigenvalue weighted by atomic mass is 35.5. The summed E-state index contributed by atoms with van der Waals surface area (Å²) in [5.74, 6) is -0.137. The molecule has 1 amide bonds. The van der Waals surface area contributed by atoms with Crippen molar-refractivity contribution in [2.24, 2.45) is 0 Å². The van der Waals surface area contributed by atoms with Crippen molar-refractivity contribution in [3.8, 4) is 0 Å². The van der Waals surface area contributed by atoms with E-state index in [1.165, 1.54) is 0 Å². The lowest BCUT2D eigenvalue weighted by Gasteiger charge is -2.14. The number of nitrogens with one attached hydrogen (secondary N) is 1. The minimum absolute atomic E-state index is 0.0699. The zero-order valence-corrected chi connectivity index (χ0v) is 10.7. The maximum Gasteiger partial charge on any atom is 0.251 e. The van der Waals surface area contributed by atoms with Crippen LogP contribution in [0.5, 0.6) is 0 Å². The van der Waals surface area contributed by atoms with E-state index in [-0.39, 0.29) is 11.9 Å². The fourth-order valence-corrected chi connectivity index (χ4v) is 1.84. The van der Waals surface area contributed by atoms with Gasteiger partial charge in [-0.1, -0.05) is 17.7 Å². The SMILES string of the molecule is CC(NC(=O)c1cccc(Cl)c1)c1ccncc1. The van der Waals surface area contributed by atoms with Crippen molar-refractivity contribution in [2.75, 3.05) is 0 Å². The van der Waals surface area contributed by atoms with Gasteiger partial charge in [-0.3, -0.25) is 9.78 Å². The van der Waals surface area contributed by atoms with Crippen LogP contribution in [-0.4, -0.2) is 10.9 Å². The van der Waals surface area contributed by atoms with Gasteiger partial charge < -0.3 is 5.32 Å². The van der Waals surface area contributed by atoms with Gasteiger partial charge in [0.1, 0.15) is 0 Å². The molecule has 1 heterocycles. The number of hydrogen-bond acceptors (Lipinski definition) is 2. The minimum atomic E-state index is -0.137. The average molecular weight is 261 g/mol. The minimum Gasteiger partial charge on any atom is -0.346 e. The van der Waals surface area contributed by atoms with Crippen LogP contribution in [0.4, 0.5) is 0 Å². The van der Waals surface area contributed by atoms with Crippen LogP contribution in [0.15, 0.2) is 48.8 Å². The highest BCUT2D eigenvalue weighted by molar-refractivity contribution is 6.30. The maximum atomic E-state index is 12.0. The second-order valence-corrected chi connectivity index (χ2v) is 4.42. The van der Waals surface area contributed by atoms with Gasteiger partial charge in [0.15, 0.2) is 0 Å². The van der Waals surface area contributed by atoms with E-state index in [0.29, 0.717) is 10.6 Å². The van der Waals surface area contributed by atoms with Crippen LogP contribution in [0.1, 0.15) is 28.9 Å². The Hall–Kier alpha value is -1.87. The molecule has 0 aliphatic carbocycles. The largest absolute Gasteiger partial charge is 0.346 e. The fourth-order valence-electron chi connectivity index (χ4n) is 1.65. The topological polar surface area (TPSA) is 42.0 Å². The number of amides is 1. The number of halogens is 1. The van der Waals surface area contributed by atoms with Crippen LogP contribution in [0, 0.1) is 0 Å². The lowest BCUT2D eigenvalue weighted by molar-refractivity contribution is 0.0940. The lowest BCUT2D eigenvalue weighted by Crippen LogP contribution is -2.26. The molecule has 92 valence electrons. The fraction of sp³-hybridized carbons (Fsp3) is 0.143. The van der Waals surface area contributed by atoms with Gasteiger partial charge in [0.25, 0.3) is 5.91 Å². The quantitative estimate of drug-likeness (QED) is 0.921. The Kier molecular flexibility index (Phi) is 3.95. The van der Waals surface area contributed by atoms with E-state index in [2.05, 4.69) is 10.3 Å². The van der Waals surface area contributed by atoms with E-state index in [1.807, 2.05) is 19.1 Å². The van der Waals surface area contributed by atoms with Crippen molar-refractivity contribution >= 4 is 17.5 Å². The average Bonchev–Trinajstić information content (AvgIpc) is 2.39. The van der Waals surface area contributed by atoms with Crippen LogP contribution in [-0.2, 0) is 0 Å². The number of nitrogens with zero attached hydrogens (tertiary/aromatic N) is 1. The summed E-state index contributed by atoms with van der Waals surface area (Å²) in [6.07, 6.45) is 3.41. The normalized spacial score (nSPS) is 11.9. The smallest absolute Gasteiger partial charge is 0.251 e. The predicted octanol–water partition coefficient (Wildman–Crippen LogP) is 3.23. The van der Waals surface area contributed by atoms with Gasteiger partial charge in [-0.05, 0) is 42.8 Å². The molecule has 2 aromatic rings. The molecule has 0 radical (unpaired) electrons. The maximum absolute atomic E-state index is 12.0. The second kappa shape index (κ2) is 5.65. The van der Waals surface area contributed by atoms with Crippen molar-refractivity contribution in [2.45, 2.75) is 13.0 Å². The Balaban J connectivity index is 2.08. The third kappa shape index (κ3) is 3.08. The first kappa shape index (κ1) is 12.6.